The number of hydrogen-bond donors (Lipinski definition) is 1. The molecule has 0 unspecified atom stereocenters. The van der Waals surface area contributed by atoms with Crippen LogP contribution in [0.2, 0.25) is 0 Å². The van der Waals surface area contributed by atoms with Crippen LogP contribution in [0.25, 0.3) is 0 Å². The molecule has 3 nitrogen and oxygen atoms in total. The average molecular weight is 210 g/mol. The first-order valence-electron chi connectivity index (χ1n) is 5.13. The summed E-state index contributed by atoms with van der Waals surface area (Å²) in [7, 11) is 1.39. The summed E-state index contributed by atoms with van der Waals surface area (Å²) in [5, 5.41) is 10.00. The van der Waals surface area contributed by atoms with Crippen molar-refractivity contribution in [3.05, 3.63) is 0 Å². The molecule has 1 rings (SSSR count). The van der Waals surface area contributed by atoms with Crippen molar-refractivity contribution in [1.82, 2.24) is 0 Å². The van der Waals surface area contributed by atoms with Crippen molar-refractivity contribution >= 4 is 5.97 Å². The van der Waals surface area contributed by atoms with E-state index < -0.39 is 5.60 Å². The number of hydrogen-bond acceptors (Lipinski definition) is 3. The molecule has 15 heavy (non-hydrogen) atoms. The minimum absolute atomic E-state index is 0.170. The molecule has 3 heteroatoms. The molecule has 1 fully saturated rings. The Morgan fingerprint density at radius 3 is 2.60 bits per heavy atom. The number of ether oxygens (including phenoxy) is 1. The summed E-state index contributed by atoms with van der Waals surface area (Å²) in [6.07, 6.45) is 6.79. The van der Waals surface area contributed by atoms with Gasteiger partial charge in [0.1, 0.15) is 5.60 Å². The highest BCUT2D eigenvalue weighted by Crippen LogP contribution is 2.45. The second kappa shape index (κ2) is 3.86. The normalized spacial score (nSPS) is 34.2. The molecule has 1 N–H and O–H groups in total. The van der Waals surface area contributed by atoms with Gasteiger partial charge in [0.25, 0.3) is 0 Å². The molecule has 1 aliphatic carbocycles. The van der Waals surface area contributed by atoms with Crippen molar-refractivity contribution in [2.45, 2.75) is 38.7 Å². The lowest BCUT2D eigenvalue weighted by atomic mass is 9.63. The quantitative estimate of drug-likeness (QED) is 0.525. The van der Waals surface area contributed by atoms with Crippen LogP contribution in [0.4, 0.5) is 0 Å². The molecule has 0 aliphatic heterocycles. The minimum Gasteiger partial charge on any atom is -0.469 e. The fraction of sp³-hybridized carbons (Fsp3) is 0.750. The Hall–Kier alpha value is -1.01. The molecule has 0 aromatic rings. The van der Waals surface area contributed by atoms with Crippen LogP contribution < -0.4 is 0 Å². The second-order valence-electron chi connectivity index (χ2n) is 4.96. The molecule has 0 amide bonds. The Morgan fingerprint density at radius 2 is 2.20 bits per heavy atom. The summed E-state index contributed by atoms with van der Waals surface area (Å²) in [5.74, 6) is 2.04. The Bertz CT molecular complexity index is 300. The van der Waals surface area contributed by atoms with E-state index in [2.05, 4.69) is 5.92 Å². The molecule has 2 atom stereocenters. The summed E-state index contributed by atoms with van der Waals surface area (Å²) in [6, 6.07) is 0. The van der Waals surface area contributed by atoms with Crippen LogP contribution >= 0.6 is 0 Å². The van der Waals surface area contributed by atoms with Crippen molar-refractivity contribution in [3.8, 4) is 12.3 Å². The molecule has 0 aromatic carbocycles. The van der Waals surface area contributed by atoms with Crippen LogP contribution in [0.15, 0.2) is 0 Å². The third-order valence-corrected chi connectivity index (χ3v) is 3.29. The predicted molar refractivity (Wildman–Crippen MR) is 56.9 cm³/mol. The number of terminal acetylenes is 1. The second-order valence-corrected chi connectivity index (χ2v) is 4.96. The van der Waals surface area contributed by atoms with Gasteiger partial charge in [-0.2, -0.15) is 0 Å². The molecule has 0 bridgehead atoms. The predicted octanol–water partition coefficient (Wildman–Crippen LogP) is 1.35. The third-order valence-electron chi connectivity index (χ3n) is 3.29. The van der Waals surface area contributed by atoms with Crippen molar-refractivity contribution in [3.63, 3.8) is 0 Å². The maximum absolute atomic E-state index is 11.5. The lowest BCUT2D eigenvalue weighted by Gasteiger charge is -2.43. The van der Waals surface area contributed by atoms with Crippen molar-refractivity contribution in [2.24, 2.45) is 11.3 Å². The average Bonchev–Trinajstić information content (AvgIpc) is 2.15. The Morgan fingerprint density at radius 1 is 1.60 bits per heavy atom. The highest BCUT2D eigenvalue weighted by atomic mass is 16.5. The zero-order valence-corrected chi connectivity index (χ0v) is 9.54. The maximum Gasteiger partial charge on any atom is 0.309 e. The van der Waals surface area contributed by atoms with E-state index in [1.54, 1.807) is 0 Å². The molecule has 84 valence electrons. The van der Waals surface area contributed by atoms with E-state index in [1.165, 1.54) is 7.11 Å². The molecule has 0 heterocycles. The van der Waals surface area contributed by atoms with E-state index in [1.807, 2.05) is 13.8 Å². The van der Waals surface area contributed by atoms with Crippen molar-refractivity contribution in [1.29, 1.82) is 0 Å². The van der Waals surface area contributed by atoms with E-state index in [4.69, 9.17) is 11.2 Å². The van der Waals surface area contributed by atoms with Crippen molar-refractivity contribution in [2.75, 3.05) is 7.11 Å². The maximum atomic E-state index is 11.5. The first kappa shape index (κ1) is 12.1. The van der Waals surface area contributed by atoms with Gasteiger partial charge in [0.15, 0.2) is 0 Å². The summed E-state index contributed by atoms with van der Waals surface area (Å²) in [5.41, 5.74) is -1.37. The van der Waals surface area contributed by atoms with Gasteiger partial charge in [-0.15, -0.1) is 6.42 Å². The molecule has 0 aromatic heterocycles. The summed E-state index contributed by atoms with van der Waals surface area (Å²) >= 11 is 0. The molecule has 0 saturated heterocycles. The van der Waals surface area contributed by atoms with Crippen LogP contribution in [0.5, 0.6) is 0 Å². The number of aliphatic hydroxyl groups is 1. The molecule has 0 radical (unpaired) electrons. The first-order valence-corrected chi connectivity index (χ1v) is 5.13. The first-order chi connectivity index (χ1) is 6.84. The number of rotatable bonds is 1. The lowest BCUT2D eigenvalue weighted by Crippen LogP contribution is -2.45. The van der Waals surface area contributed by atoms with Crippen molar-refractivity contribution < 1.29 is 14.6 Å². The smallest absolute Gasteiger partial charge is 0.309 e. The monoisotopic (exact) mass is 210 g/mol. The van der Waals surface area contributed by atoms with Crippen LogP contribution in [0, 0.1) is 23.7 Å². The van der Waals surface area contributed by atoms with E-state index >= 15 is 0 Å². The summed E-state index contributed by atoms with van der Waals surface area (Å²) in [4.78, 5) is 11.5. The van der Waals surface area contributed by atoms with Crippen LogP contribution in [0.1, 0.15) is 33.1 Å². The van der Waals surface area contributed by atoms with Crippen LogP contribution in [-0.2, 0) is 9.53 Å². The van der Waals surface area contributed by atoms with Gasteiger partial charge in [-0.05, 0) is 24.7 Å². The molecule has 1 aliphatic rings. The highest BCUT2D eigenvalue weighted by Gasteiger charge is 2.46. The van der Waals surface area contributed by atoms with Gasteiger partial charge in [-0.25, -0.2) is 0 Å². The van der Waals surface area contributed by atoms with E-state index in [0.717, 1.165) is 0 Å². The Kier molecular flexibility index (Phi) is 3.11. The number of methoxy groups -OCH3 is 1. The van der Waals surface area contributed by atoms with Crippen LogP contribution in [0.3, 0.4) is 0 Å². The highest BCUT2D eigenvalue weighted by molar-refractivity contribution is 5.73. The summed E-state index contributed by atoms with van der Waals surface area (Å²) in [6.45, 7) is 3.88. The topological polar surface area (TPSA) is 46.5 Å². The zero-order valence-electron chi connectivity index (χ0n) is 9.54. The number of carbonyl (C=O) groups is 1. The van der Waals surface area contributed by atoms with Gasteiger partial charge in [0.05, 0.1) is 13.0 Å². The molecular weight excluding hydrogens is 192 g/mol. The van der Waals surface area contributed by atoms with E-state index in [0.29, 0.717) is 19.3 Å². The Balaban J connectivity index is 2.85. The van der Waals surface area contributed by atoms with Gasteiger partial charge >= 0.3 is 5.97 Å². The van der Waals surface area contributed by atoms with E-state index in [9.17, 15) is 9.90 Å². The third kappa shape index (κ3) is 2.32. The SMILES string of the molecule is C#C[C@@]1(O)CC[C@H](C(=O)OC)C(C)(C)C1. The number of carbonyl (C=O) groups excluding carboxylic acids is 1. The largest absolute Gasteiger partial charge is 0.469 e. The zero-order chi connectivity index (χ0) is 11.7. The van der Waals surface area contributed by atoms with Gasteiger partial charge in [-0.1, -0.05) is 19.8 Å². The van der Waals surface area contributed by atoms with Gasteiger partial charge in [0.2, 0.25) is 0 Å². The summed E-state index contributed by atoms with van der Waals surface area (Å²) < 4.78 is 4.75. The Labute approximate surface area is 90.8 Å². The fourth-order valence-electron chi connectivity index (χ4n) is 2.44. The molecule has 0 spiro atoms. The van der Waals surface area contributed by atoms with Gasteiger partial charge < -0.3 is 9.84 Å². The standard InChI is InChI=1S/C12H18O3/c1-5-12(14)7-6-9(10(13)15-4)11(2,3)8-12/h1,9,14H,6-8H2,2-4H3/t9-,12-/m1/s1. The van der Waals surface area contributed by atoms with E-state index in [-0.39, 0.29) is 17.3 Å². The molecule has 1 saturated carbocycles. The van der Waals surface area contributed by atoms with Crippen LogP contribution in [-0.4, -0.2) is 23.8 Å². The van der Waals surface area contributed by atoms with Gasteiger partial charge in [-0.3, -0.25) is 4.79 Å². The number of esters is 1. The minimum atomic E-state index is -1.06. The molecular formula is C12H18O3. The lowest BCUT2D eigenvalue weighted by molar-refractivity contribution is -0.154. The van der Waals surface area contributed by atoms with Gasteiger partial charge in [0, 0.05) is 0 Å². The fourth-order valence-corrected chi connectivity index (χ4v) is 2.44.